The summed E-state index contributed by atoms with van der Waals surface area (Å²) in [6.07, 6.45) is 0. The van der Waals surface area contributed by atoms with E-state index in [1.165, 1.54) is 11.3 Å². The Labute approximate surface area is 188 Å². The summed E-state index contributed by atoms with van der Waals surface area (Å²) in [5.41, 5.74) is 2.08. The number of urea groups is 1. The minimum atomic E-state index is -0.336. The topological polar surface area (TPSA) is 59.6 Å². The number of amides is 2. The van der Waals surface area contributed by atoms with Gasteiger partial charge in [0.25, 0.3) is 0 Å². The summed E-state index contributed by atoms with van der Waals surface area (Å²) in [6, 6.07) is 16.8. The maximum absolute atomic E-state index is 12.5. The SMILES string of the molecule is CC(C)(C)Oc1ccc(NC(=O)Nc2ccsc2Oc2ccccc2C(C)(C)C)cc1. The Morgan fingerprint density at radius 1 is 0.871 bits per heavy atom. The highest BCUT2D eigenvalue weighted by Gasteiger charge is 2.20. The van der Waals surface area contributed by atoms with Crippen LogP contribution in [0, 0.1) is 0 Å². The van der Waals surface area contributed by atoms with E-state index >= 15 is 0 Å². The minimum absolute atomic E-state index is 0.0539. The number of anilines is 2. The molecule has 3 aromatic rings. The highest BCUT2D eigenvalue weighted by Crippen LogP contribution is 2.39. The van der Waals surface area contributed by atoms with E-state index in [1.54, 1.807) is 0 Å². The zero-order valence-corrected chi connectivity index (χ0v) is 19.7. The van der Waals surface area contributed by atoms with Crippen molar-refractivity contribution in [3.63, 3.8) is 0 Å². The van der Waals surface area contributed by atoms with Crippen LogP contribution in [0.3, 0.4) is 0 Å². The van der Waals surface area contributed by atoms with Gasteiger partial charge in [-0.3, -0.25) is 0 Å². The van der Waals surface area contributed by atoms with E-state index in [-0.39, 0.29) is 17.0 Å². The van der Waals surface area contributed by atoms with Gasteiger partial charge in [0, 0.05) is 11.3 Å². The molecule has 2 aromatic carbocycles. The maximum Gasteiger partial charge on any atom is 0.323 e. The largest absolute Gasteiger partial charge is 0.488 e. The van der Waals surface area contributed by atoms with Gasteiger partial charge >= 0.3 is 6.03 Å². The first kappa shape index (κ1) is 22.7. The van der Waals surface area contributed by atoms with E-state index in [0.717, 1.165) is 17.1 Å². The van der Waals surface area contributed by atoms with Crippen molar-refractivity contribution in [2.75, 3.05) is 10.6 Å². The third-order valence-corrected chi connectivity index (χ3v) is 5.10. The molecule has 31 heavy (non-hydrogen) atoms. The normalized spacial score (nSPS) is 11.7. The molecule has 0 unspecified atom stereocenters. The fraction of sp³-hybridized carbons (Fsp3) is 0.320. The molecular weight excluding hydrogens is 408 g/mol. The quantitative estimate of drug-likeness (QED) is 0.430. The van der Waals surface area contributed by atoms with Gasteiger partial charge < -0.3 is 20.1 Å². The molecule has 164 valence electrons. The van der Waals surface area contributed by atoms with Crippen molar-refractivity contribution in [3.8, 4) is 16.6 Å². The lowest BCUT2D eigenvalue weighted by molar-refractivity contribution is 0.131. The molecule has 3 rings (SSSR count). The number of rotatable bonds is 5. The zero-order chi connectivity index (χ0) is 22.6. The van der Waals surface area contributed by atoms with Crippen molar-refractivity contribution >= 4 is 28.7 Å². The second-order valence-corrected chi connectivity index (χ2v) is 10.2. The van der Waals surface area contributed by atoms with Gasteiger partial charge in [0.2, 0.25) is 5.06 Å². The molecule has 0 spiro atoms. The molecule has 0 saturated carbocycles. The lowest BCUT2D eigenvalue weighted by atomic mass is 9.86. The lowest BCUT2D eigenvalue weighted by Gasteiger charge is -2.22. The molecule has 0 radical (unpaired) electrons. The average molecular weight is 439 g/mol. The van der Waals surface area contributed by atoms with Crippen molar-refractivity contribution in [1.82, 2.24) is 0 Å². The Balaban J connectivity index is 1.66. The van der Waals surface area contributed by atoms with Crippen molar-refractivity contribution in [2.24, 2.45) is 0 Å². The second kappa shape index (κ2) is 9.02. The third-order valence-electron chi connectivity index (χ3n) is 4.31. The van der Waals surface area contributed by atoms with Crippen LogP contribution >= 0.6 is 11.3 Å². The van der Waals surface area contributed by atoms with Gasteiger partial charge in [-0.25, -0.2) is 4.79 Å². The minimum Gasteiger partial charge on any atom is -0.488 e. The summed E-state index contributed by atoms with van der Waals surface area (Å²) in [6.45, 7) is 12.4. The first-order valence-corrected chi connectivity index (χ1v) is 11.1. The van der Waals surface area contributed by atoms with Gasteiger partial charge in [-0.1, -0.05) is 39.0 Å². The fourth-order valence-corrected chi connectivity index (χ4v) is 3.70. The Hall–Kier alpha value is -2.99. The summed E-state index contributed by atoms with van der Waals surface area (Å²) >= 11 is 1.44. The summed E-state index contributed by atoms with van der Waals surface area (Å²) in [7, 11) is 0. The molecule has 0 saturated heterocycles. The highest BCUT2D eigenvalue weighted by molar-refractivity contribution is 7.12. The first-order chi connectivity index (χ1) is 14.5. The third kappa shape index (κ3) is 6.49. The van der Waals surface area contributed by atoms with Gasteiger partial charge in [-0.2, -0.15) is 0 Å². The van der Waals surface area contributed by atoms with Crippen LogP contribution in [0.2, 0.25) is 0 Å². The van der Waals surface area contributed by atoms with E-state index < -0.39 is 0 Å². The van der Waals surface area contributed by atoms with Crippen molar-refractivity contribution in [1.29, 1.82) is 0 Å². The molecule has 1 heterocycles. The molecule has 2 amide bonds. The number of benzene rings is 2. The number of carbonyl (C=O) groups excluding carboxylic acids is 1. The summed E-state index contributed by atoms with van der Waals surface area (Å²) in [5.74, 6) is 1.54. The molecule has 6 heteroatoms. The molecule has 0 aliphatic carbocycles. The van der Waals surface area contributed by atoms with Crippen molar-refractivity contribution in [3.05, 3.63) is 65.5 Å². The van der Waals surface area contributed by atoms with Crippen LogP contribution < -0.4 is 20.1 Å². The molecular formula is C25H30N2O3S. The van der Waals surface area contributed by atoms with Crippen molar-refractivity contribution < 1.29 is 14.3 Å². The van der Waals surface area contributed by atoms with E-state index in [0.29, 0.717) is 16.4 Å². The maximum atomic E-state index is 12.5. The van der Waals surface area contributed by atoms with E-state index in [4.69, 9.17) is 9.47 Å². The van der Waals surface area contributed by atoms with Crippen molar-refractivity contribution in [2.45, 2.75) is 52.6 Å². The Morgan fingerprint density at radius 2 is 1.55 bits per heavy atom. The van der Waals surface area contributed by atoms with Gasteiger partial charge in [0.1, 0.15) is 17.1 Å². The standard InChI is InChI=1S/C25H30N2O3S/c1-24(2,3)19-9-7-8-10-21(19)29-22-20(15-16-31-22)27-23(28)26-17-11-13-18(14-12-17)30-25(4,5)6/h7-16H,1-6H3,(H2,26,27,28). The van der Waals surface area contributed by atoms with Crippen LogP contribution in [-0.4, -0.2) is 11.6 Å². The van der Waals surface area contributed by atoms with Gasteiger partial charge in [0.15, 0.2) is 0 Å². The smallest absolute Gasteiger partial charge is 0.323 e. The molecule has 0 aliphatic rings. The predicted molar refractivity (Wildman–Crippen MR) is 129 cm³/mol. The van der Waals surface area contributed by atoms with Crippen LogP contribution in [0.25, 0.3) is 0 Å². The number of hydrogen-bond acceptors (Lipinski definition) is 4. The van der Waals surface area contributed by atoms with Crippen LogP contribution in [0.15, 0.2) is 60.0 Å². The Bertz CT molecular complexity index is 1030. The number of ether oxygens (including phenoxy) is 2. The van der Waals surface area contributed by atoms with Gasteiger partial charge in [0.05, 0.1) is 5.69 Å². The lowest BCUT2D eigenvalue weighted by Crippen LogP contribution is -2.23. The van der Waals surface area contributed by atoms with Crippen LogP contribution in [0.1, 0.15) is 47.1 Å². The molecule has 0 bridgehead atoms. The summed E-state index contributed by atoms with van der Waals surface area (Å²) in [5, 5.41) is 8.25. The molecule has 0 atom stereocenters. The second-order valence-electron chi connectivity index (χ2n) is 9.29. The molecule has 5 nitrogen and oxygen atoms in total. The molecule has 0 fully saturated rings. The number of thiophene rings is 1. The summed E-state index contributed by atoms with van der Waals surface area (Å²) < 4.78 is 12.0. The number of carbonyl (C=O) groups is 1. The van der Waals surface area contributed by atoms with Crippen LogP contribution in [-0.2, 0) is 5.41 Å². The first-order valence-electron chi connectivity index (χ1n) is 10.2. The van der Waals surface area contributed by atoms with E-state index in [9.17, 15) is 4.79 Å². The highest BCUT2D eigenvalue weighted by atomic mass is 32.1. The summed E-state index contributed by atoms with van der Waals surface area (Å²) in [4.78, 5) is 12.5. The fourth-order valence-electron chi connectivity index (χ4n) is 2.99. The average Bonchev–Trinajstić information content (AvgIpc) is 3.08. The molecule has 2 N–H and O–H groups in total. The monoisotopic (exact) mass is 438 g/mol. The Morgan fingerprint density at radius 3 is 2.19 bits per heavy atom. The van der Waals surface area contributed by atoms with Crippen LogP contribution in [0.4, 0.5) is 16.2 Å². The number of hydrogen-bond donors (Lipinski definition) is 2. The predicted octanol–water partition coefficient (Wildman–Crippen LogP) is 7.66. The number of para-hydroxylation sites is 1. The Kier molecular flexibility index (Phi) is 6.60. The van der Waals surface area contributed by atoms with Gasteiger partial charge in [-0.05, 0) is 68.0 Å². The zero-order valence-electron chi connectivity index (χ0n) is 18.9. The van der Waals surface area contributed by atoms with E-state index in [2.05, 4.69) is 37.5 Å². The van der Waals surface area contributed by atoms with Gasteiger partial charge in [-0.15, -0.1) is 11.3 Å². The number of nitrogens with one attached hydrogen (secondary N) is 2. The van der Waals surface area contributed by atoms with E-state index in [1.807, 2.05) is 74.7 Å². The molecule has 1 aromatic heterocycles. The van der Waals surface area contributed by atoms with Crippen LogP contribution in [0.5, 0.6) is 16.6 Å². The molecule has 0 aliphatic heterocycles.